The van der Waals surface area contributed by atoms with Gasteiger partial charge < -0.3 is 10.6 Å². The predicted molar refractivity (Wildman–Crippen MR) is 61.7 cm³/mol. The van der Waals surface area contributed by atoms with Gasteiger partial charge in [-0.05, 0) is 30.5 Å². The van der Waals surface area contributed by atoms with Crippen molar-refractivity contribution in [3.63, 3.8) is 0 Å². The number of aryl methyl sites for hydroxylation is 1. The summed E-state index contributed by atoms with van der Waals surface area (Å²) in [6.45, 7) is 1.53. The van der Waals surface area contributed by atoms with E-state index in [0.29, 0.717) is 6.42 Å². The third-order valence-electron chi connectivity index (χ3n) is 2.95. The van der Waals surface area contributed by atoms with Crippen LogP contribution in [0.4, 0.5) is 0 Å². The number of pyridine rings is 1. The zero-order chi connectivity index (χ0) is 11.4. The van der Waals surface area contributed by atoms with Gasteiger partial charge in [-0.3, -0.25) is 9.78 Å². The number of likely N-dealkylation sites (tertiary alicyclic amines) is 1. The SMILES string of the molecule is N[C@@H]1CCN(C(=O)CCc2ccncc2)C1. The summed E-state index contributed by atoms with van der Waals surface area (Å²) in [5, 5.41) is 0. The number of hydrogen-bond donors (Lipinski definition) is 1. The lowest BCUT2D eigenvalue weighted by atomic mass is 10.1. The largest absolute Gasteiger partial charge is 0.341 e. The van der Waals surface area contributed by atoms with Crippen LogP contribution in [-0.4, -0.2) is 34.9 Å². The van der Waals surface area contributed by atoms with E-state index in [9.17, 15) is 4.79 Å². The Kier molecular flexibility index (Phi) is 3.51. The zero-order valence-corrected chi connectivity index (χ0v) is 9.30. The number of carbonyl (C=O) groups excluding carboxylic acids is 1. The third-order valence-corrected chi connectivity index (χ3v) is 2.95. The van der Waals surface area contributed by atoms with Gasteiger partial charge in [-0.1, -0.05) is 0 Å². The van der Waals surface area contributed by atoms with E-state index in [1.54, 1.807) is 12.4 Å². The molecule has 0 unspecified atom stereocenters. The van der Waals surface area contributed by atoms with Crippen molar-refractivity contribution in [3.8, 4) is 0 Å². The molecule has 1 aliphatic heterocycles. The van der Waals surface area contributed by atoms with Gasteiger partial charge in [0.25, 0.3) is 0 Å². The maximum Gasteiger partial charge on any atom is 0.222 e. The summed E-state index contributed by atoms with van der Waals surface area (Å²) in [5.41, 5.74) is 6.93. The highest BCUT2D eigenvalue weighted by atomic mass is 16.2. The van der Waals surface area contributed by atoms with Crippen molar-refractivity contribution in [1.29, 1.82) is 0 Å². The number of nitrogens with zero attached hydrogens (tertiary/aromatic N) is 2. The number of nitrogens with two attached hydrogens (primary N) is 1. The Labute approximate surface area is 95.5 Å². The molecule has 0 spiro atoms. The van der Waals surface area contributed by atoms with Gasteiger partial charge in [0.2, 0.25) is 5.91 Å². The summed E-state index contributed by atoms with van der Waals surface area (Å²) in [4.78, 5) is 17.6. The average Bonchev–Trinajstić information content (AvgIpc) is 2.74. The summed E-state index contributed by atoms with van der Waals surface area (Å²) in [6.07, 6.45) is 5.79. The quantitative estimate of drug-likeness (QED) is 0.808. The molecule has 4 nitrogen and oxygen atoms in total. The fourth-order valence-electron chi connectivity index (χ4n) is 1.97. The molecule has 1 aromatic rings. The van der Waals surface area contributed by atoms with E-state index >= 15 is 0 Å². The van der Waals surface area contributed by atoms with Crippen LogP contribution in [0.15, 0.2) is 24.5 Å². The van der Waals surface area contributed by atoms with Crippen molar-refractivity contribution in [1.82, 2.24) is 9.88 Å². The molecule has 2 rings (SSSR count). The van der Waals surface area contributed by atoms with Crippen LogP contribution in [0.2, 0.25) is 0 Å². The molecule has 1 aromatic heterocycles. The molecule has 0 aromatic carbocycles. The molecule has 1 amide bonds. The standard InChI is InChI=1S/C12H17N3O/c13-11-5-8-15(9-11)12(16)2-1-10-3-6-14-7-4-10/h3-4,6-7,11H,1-2,5,8-9,13H2/t11-/m1/s1. The van der Waals surface area contributed by atoms with E-state index < -0.39 is 0 Å². The van der Waals surface area contributed by atoms with Crippen LogP contribution in [0.1, 0.15) is 18.4 Å². The highest BCUT2D eigenvalue weighted by Gasteiger charge is 2.22. The molecule has 0 radical (unpaired) electrons. The van der Waals surface area contributed by atoms with Gasteiger partial charge in [0, 0.05) is 37.9 Å². The highest BCUT2D eigenvalue weighted by Crippen LogP contribution is 2.10. The lowest BCUT2D eigenvalue weighted by Crippen LogP contribution is -2.31. The molecule has 86 valence electrons. The summed E-state index contributed by atoms with van der Waals surface area (Å²) >= 11 is 0. The average molecular weight is 219 g/mol. The molecule has 1 atom stereocenters. The van der Waals surface area contributed by atoms with Crippen molar-refractivity contribution >= 4 is 5.91 Å². The van der Waals surface area contributed by atoms with E-state index in [4.69, 9.17) is 5.73 Å². The second kappa shape index (κ2) is 5.07. The number of amides is 1. The fourth-order valence-corrected chi connectivity index (χ4v) is 1.97. The molecular weight excluding hydrogens is 202 g/mol. The molecule has 1 fully saturated rings. The van der Waals surface area contributed by atoms with Crippen LogP contribution in [0, 0.1) is 0 Å². The lowest BCUT2D eigenvalue weighted by molar-refractivity contribution is -0.130. The van der Waals surface area contributed by atoms with E-state index in [1.807, 2.05) is 17.0 Å². The Hall–Kier alpha value is -1.42. The van der Waals surface area contributed by atoms with E-state index in [1.165, 1.54) is 0 Å². The maximum absolute atomic E-state index is 11.8. The lowest BCUT2D eigenvalue weighted by Gasteiger charge is -2.15. The predicted octanol–water partition coefficient (Wildman–Crippen LogP) is 0.574. The van der Waals surface area contributed by atoms with Gasteiger partial charge in [-0.2, -0.15) is 0 Å². The maximum atomic E-state index is 11.8. The Balaban J connectivity index is 1.80. The minimum Gasteiger partial charge on any atom is -0.341 e. The summed E-state index contributed by atoms with van der Waals surface area (Å²) in [6, 6.07) is 4.07. The molecular formula is C12H17N3O. The number of hydrogen-bond acceptors (Lipinski definition) is 3. The zero-order valence-electron chi connectivity index (χ0n) is 9.30. The molecule has 1 saturated heterocycles. The molecule has 0 saturated carbocycles. The first-order valence-electron chi connectivity index (χ1n) is 5.68. The van der Waals surface area contributed by atoms with Crippen LogP contribution >= 0.6 is 0 Å². The first-order chi connectivity index (χ1) is 7.75. The smallest absolute Gasteiger partial charge is 0.222 e. The molecule has 0 bridgehead atoms. The van der Waals surface area contributed by atoms with Gasteiger partial charge in [0.05, 0.1) is 0 Å². The van der Waals surface area contributed by atoms with Crippen molar-refractivity contribution in [3.05, 3.63) is 30.1 Å². The normalized spacial score (nSPS) is 20.1. The Morgan fingerprint density at radius 1 is 1.50 bits per heavy atom. The van der Waals surface area contributed by atoms with Gasteiger partial charge >= 0.3 is 0 Å². The first kappa shape index (κ1) is 11.1. The molecule has 2 heterocycles. The minimum absolute atomic E-state index is 0.171. The number of carbonyl (C=O) groups is 1. The van der Waals surface area contributed by atoms with E-state index in [2.05, 4.69) is 4.98 Å². The Morgan fingerprint density at radius 3 is 2.88 bits per heavy atom. The van der Waals surface area contributed by atoms with Crippen molar-refractivity contribution in [2.75, 3.05) is 13.1 Å². The molecule has 0 aliphatic carbocycles. The first-order valence-corrected chi connectivity index (χ1v) is 5.68. The van der Waals surface area contributed by atoms with Crippen LogP contribution in [-0.2, 0) is 11.2 Å². The molecule has 4 heteroatoms. The van der Waals surface area contributed by atoms with Crippen molar-refractivity contribution < 1.29 is 4.79 Å². The van der Waals surface area contributed by atoms with Crippen LogP contribution in [0.25, 0.3) is 0 Å². The molecule has 16 heavy (non-hydrogen) atoms. The molecule has 1 aliphatic rings. The van der Waals surface area contributed by atoms with Crippen LogP contribution in [0.3, 0.4) is 0 Å². The van der Waals surface area contributed by atoms with Gasteiger partial charge in [-0.25, -0.2) is 0 Å². The third kappa shape index (κ3) is 2.79. The number of rotatable bonds is 3. The van der Waals surface area contributed by atoms with E-state index in [0.717, 1.165) is 31.5 Å². The second-order valence-electron chi connectivity index (χ2n) is 4.24. The fraction of sp³-hybridized carbons (Fsp3) is 0.500. The van der Waals surface area contributed by atoms with E-state index in [-0.39, 0.29) is 11.9 Å². The van der Waals surface area contributed by atoms with Crippen molar-refractivity contribution in [2.24, 2.45) is 5.73 Å². The molecule has 2 N–H and O–H groups in total. The van der Waals surface area contributed by atoms with Gasteiger partial charge in [-0.15, -0.1) is 0 Å². The Bertz CT molecular complexity index is 353. The second-order valence-corrected chi connectivity index (χ2v) is 4.24. The summed E-state index contributed by atoms with van der Waals surface area (Å²) in [5.74, 6) is 0.213. The Morgan fingerprint density at radius 2 is 2.25 bits per heavy atom. The topological polar surface area (TPSA) is 59.2 Å². The van der Waals surface area contributed by atoms with Gasteiger partial charge in [0.15, 0.2) is 0 Å². The highest BCUT2D eigenvalue weighted by molar-refractivity contribution is 5.76. The minimum atomic E-state index is 0.171. The van der Waals surface area contributed by atoms with Gasteiger partial charge in [0.1, 0.15) is 0 Å². The van der Waals surface area contributed by atoms with Crippen molar-refractivity contribution in [2.45, 2.75) is 25.3 Å². The summed E-state index contributed by atoms with van der Waals surface area (Å²) < 4.78 is 0. The van der Waals surface area contributed by atoms with Crippen LogP contribution < -0.4 is 5.73 Å². The number of aromatic nitrogens is 1. The monoisotopic (exact) mass is 219 g/mol. The summed E-state index contributed by atoms with van der Waals surface area (Å²) in [7, 11) is 0. The van der Waals surface area contributed by atoms with Crippen LogP contribution in [0.5, 0.6) is 0 Å².